The molecule has 0 bridgehead atoms. The van der Waals surface area contributed by atoms with E-state index >= 15 is 0 Å². The van der Waals surface area contributed by atoms with Crippen LogP contribution in [0.5, 0.6) is 0 Å². The topological polar surface area (TPSA) is 58.2 Å². The van der Waals surface area contributed by atoms with E-state index in [1.54, 1.807) is 6.07 Å². The summed E-state index contributed by atoms with van der Waals surface area (Å²) < 4.78 is 0. The predicted octanol–water partition coefficient (Wildman–Crippen LogP) is 7.34. The predicted molar refractivity (Wildman–Crippen MR) is 145 cm³/mol. The minimum absolute atomic E-state index is 0.0934. The van der Waals surface area contributed by atoms with Gasteiger partial charge in [0.2, 0.25) is 5.91 Å². The van der Waals surface area contributed by atoms with E-state index in [0.717, 1.165) is 32.8 Å². The molecule has 35 heavy (non-hydrogen) atoms. The van der Waals surface area contributed by atoms with Crippen LogP contribution in [0.25, 0.3) is 0 Å². The van der Waals surface area contributed by atoms with Crippen LogP contribution in [-0.4, -0.2) is 11.8 Å². The standard InChI is InChI=1S/C30H28N2O2S/c1-20-10-7-14-24(18-20)29(33)31-25-15-9-16-26(19-25)35-28(23-12-5-4-6-13-23)30(34)32-27-17-8-11-21(2)22(27)3/h4-19,28H,1-3H3,(H,31,33)(H,32,34). The Bertz CT molecular complexity index is 1350. The third kappa shape index (κ3) is 6.19. The molecule has 4 aromatic rings. The summed E-state index contributed by atoms with van der Waals surface area (Å²) in [7, 11) is 0. The molecule has 2 N–H and O–H groups in total. The molecule has 0 aliphatic heterocycles. The quantitative estimate of drug-likeness (QED) is 0.272. The number of carbonyl (C=O) groups excluding carboxylic acids is 2. The number of thioether (sulfide) groups is 1. The second kappa shape index (κ2) is 11.1. The number of rotatable bonds is 7. The summed E-state index contributed by atoms with van der Waals surface area (Å²) in [6, 6.07) is 30.7. The van der Waals surface area contributed by atoms with Crippen molar-refractivity contribution in [3.05, 3.63) is 125 Å². The summed E-state index contributed by atoms with van der Waals surface area (Å²) in [5, 5.41) is 5.62. The summed E-state index contributed by atoms with van der Waals surface area (Å²) in [5.74, 6) is -0.257. The molecule has 5 heteroatoms. The lowest BCUT2D eigenvalue weighted by molar-refractivity contribution is -0.115. The van der Waals surface area contributed by atoms with Crippen LogP contribution in [0.3, 0.4) is 0 Å². The number of aryl methyl sites for hydroxylation is 2. The fourth-order valence-electron chi connectivity index (χ4n) is 3.76. The van der Waals surface area contributed by atoms with Gasteiger partial charge in [-0.1, -0.05) is 66.2 Å². The highest BCUT2D eigenvalue weighted by Gasteiger charge is 2.23. The highest BCUT2D eigenvalue weighted by molar-refractivity contribution is 8.00. The first-order valence-corrected chi connectivity index (χ1v) is 12.4. The van der Waals surface area contributed by atoms with E-state index in [9.17, 15) is 9.59 Å². The average Bonchev–Trinajstić information content (AvgIpc) is 2.86. The van der Waals surface area contributed by atoms with Gasteiger partial charge in [-0.3, -0.25) is 9.59 Å². The van der Waals surface area contributed by atoms with E-state index in [2.05, 4.69) is 10.6 Å². The maximum Gasteiger partial charge on any atom is 0.255 e. The number of hydrogen-bond donors (Lipinski definition) is 2. The molecule has 0 saturated carbocycles. The van der Waals surface area contributed by atoms with Crippen LogP contribution in [0, 0.1) is 20.8 Å². The number of nitrogens with one attached hydrogen (secondary N) is 2. The van der Waals surface area contributed by atoms with Crippen LogP contribution in [0.2, 0.25) is 0 Å². The van der Waals surface area contributed by atoms with E-state index < -0.39 is 5.25 Å². The number of amides is 2. The molecule has 4 nitrogen and oxygen atoms in total. The zero-order chi connectivity index (χ0) is 24.8. The molecule has 2 amide bonds. The number of benzene rings is 4. The highest BCUT2D eigenvalue weighted by Crippen LogP contribution is 2.37. The SMILES string of the molecule is Cc1cccc(C(=O)Nc2cccc(SC(C(=O)Nc3cccc(C)c3C)c3ccccc3)c2)c1. The van der Waals surface area contributed by atoms with Crippen molar-refractivity contribution in [3.8, 4) is 0 Å². The lowest BCUT2D eigenvalue weighted by atomic mass is 10.1. The van der Waals surface area contributed by atoms with Crippen molar-refractivity contribution >= 4 is 35.0 Å². The van der Waals surface area contributed by atoms with Crippen molar-refractivity contribution < 1.29 is 9.59 Å². The Hall–Kier alpha value is -3.83. The van der Waals surface area contributed by atoms with Gasteiger partial charge in [-0.25, -0.2) is 0 Å². The van der Waals surface area contributed by atoms with Crippen molar-refractivity contribution in [2.75, 3.05) is 10.6 Å². The first-order valence-electron chi connectivity index (χ1n) is 11.5. The van der Waals surface area contributed by atoms with Gasteiger partial charge >= 0.3 is 0 Å². The molecule has 0 heterocycles. The molecule has 1 unspecified atom stereocenters. The maximum absolute atomic E-state index is 13.5. The highest BCUT2D eigenvalue weighted by atomic mass is 32.2. The second-order valence-electron chi connectivity index (χ2n) is 8.50. The average molecular weight is 481 g/mol. The molecular weight excluding hydrogens is 452 g/mol. The molecule has 0 fully saturated rings. The summed E-state index contributed by atoms with van der Waals surface area (Å²) in [6.07, 6.45) is 0. The first kappa shape index (κ1) is 24.3. The fraction of sp³-hybridized carbons (Fsp3) is 0.133. The van der Waals surface area contributed by atoms with Gasteiger partial charge in [0.25, 0.3) is 5.91 Å². The zero-order valence-electron chi connectivity index (χ0n) is 20.0. The third-order valence-electron chi connectivity index (χ3n) is 5.83. The molecular formula is C30H28N2O2S. The summed E-state index contributed by atoms with van der Waals surface area (Å²) in [6.45, 7) is 6.00. The van der Waals surface area contributed by atoms with Gasteiger partial charge in [0.1, 0.15) is 5.25 Å². The van der Waals surface area contributed by atoms with Crippen molar-refractivity contribution in [2.45, 2.75) is 30.9 Å². The monoisotopic (exact) mass is 480 g/mol. The van der Waals surface area contributed by atoms with Crippen molar-refractivity contribution in [1.82, 2.24) is 0 Å². The summed E-state index contributed by atoms with van der Waals surface area (Å²) in [4.78, 5) is 27.1. The minimum atomic E-state index is -0.459. The second-order valence-corrected chi connectivity index (χ2v) is 9.68. The molecule has 4 rings (SSSR count). The maximum atomic E-state index is 13.5. The molecule has 0 aliphatic carbocycles. The normalized spacial score (nSPS) is 11.5. The summed E-state index contributed by atoms with van der Waals surface area (Å²) in [5.41, 5.74) is 6.23. The Kier molecular flexibility index (Phi) is 7.68. The van der Waals surface area contributed by atoms with Crippen LogP contribution in [-0.2, 0) is 4.79 Å². The lowest BCUT2D eigenvalue weighted by Crippen LogP contribution is -2.19. The molecule has 0 saturated heterocycles. The largest absolute Gasteiger partial charge is 0.325 e. The molecule has 0 radical (unpaired) electrons. The van der Waals surface area contributed by atoms with Gasteiger partial charge in [0.15, 0.2) is 0 Å². The number of anilines is 2. The molecule has 0 aliphatic rings. The molecule has 0 spiro atoms. The van der Waals surface area contributed by atoms with Gasteiger partial charge < -0.3 is 10.6 Å². The third-order valence-corrected chi connectivity index (χ3v) is 7.08. The smallest absolute Gasteiger partial charge is 0.255 e. The minimum Gasteiger partial charge on any atom is -0.325 e. The van der Waals surface area contributed by atoms with Crippen LogP contribution in [0.15, 0.2) is 102 Å². The molecule has 1 atom stereocenters. The Labute approximate surface area is 210 Å². The number of carbonyl (C=O) groups is 2. The van der Waals surface area contributed by atoms with E-state index in [1.165, 1.54) is 11.8 Å². The molecule has 176 valence electrons. The van der Waals surface area contributed by atoms with E-state index in [1.807, 2.05) is 112 Å². The van der Waals surface area contributed by atoms with Crippen LogP contribution < -0.4 is 10.6 Å². The van der Waals surface area contributed by atoms with Crippen LogP contribution in [0.4, 0.5) is 11.4 Å². The van der Waals surface area contributed by atoms with Crippen molar-refractivity contribution in [1.29, 1.82) is 0 Å². The molecule has 0 aromatic heterocycles. The van der Waals surface area contributed by atoms with E-state index in [-0.39, 0.29) is 11.8 Å². The number of hydrogen-bond acceptors (Lipinski definition) is 3. The van der Waals surface area contributed by atoms with Crippen molar-refractivity contribution in [2.24, 2.45) is 0 Å². The van der Waals surface area contributed by atoms with Gasteiger partial charge in [0.05, 0.1) is 0 Å². The van der Waals surface area contributed by atoms with Gasteiger partial charge in [-0.05, 0) is 73.9 Å². The van der Waals surface area contributed by atoms with E-state index in [4.69, 9.17) is 0 Å². The van der Waals surface area contributed by atoms with Gasteiger partial charge in [0, 0.05) is 21.8 Å². The van der Waals surface area contributed by atoms with Gasteiger partial charge in [-0.15, -0.1) is 11.8 Å². The Balaban J connectivity index is 1.56. The van der Waals surface area contributed by atoms with Gasteiger partial charge in [-0.2, -0.15) is 0 Å². The Morgan fingerprint density at radius 3 is 2.26 bits per heavy atom. The van der Waals surface area contributed by atoms with E-state index in [0.29, 0.717) is 11.3 Å². The fourth-order valence-corrected chi connectivity index (χ4v) is 4.84. The Morgan fingerprint density at radius 2 is 1.49 bits per heavy atom. The lowest BCUT2D eigenvalue weighted by Gasteiger charge is -2.19. The van der Waals surface area contributed by atoms with Crippen molar-refractivity contribution in [3.63, 3.8) is 0 Å². The first-order chi connectivity index (χ1) is 16.9. The zero-order valence-corrected chi connectivity index (χ0v) is 20.9. The van der Waals surface area contributed by atoms with Crippen LogP contribution in [0.1, 0.15) is 37.9 Å². The Morgan fingerprint density at radius 1 is 0.743 bits per heavy atom. The van der Waals surface area contributed by atoms with Crippen LogP contribution >= 0.6 is 11.8 Å². The molecule has 4 aromatic carbocycles. The summed E-state index contributed by atoms with van der Waals surface area (Å²) >= 11 is 1.46.